The first kappa shape index (κ1) is 15.0. The molecule has 1 rings (SSSR count). The standard InChI is InChI=1S/C16H27NO/c1-6-17(7-2)9-8-10-18-16-14(4)11-13(3)12-15(16)5/h11-12H,6-10H2,1-5H3/p+1. The molecule has 0 aromatic heterocycles. The van der Waals surface area contributed by atoms with Gasteiger partial charge in [0, 0.05) is 6.42 Å². The summed E-state index contributed by atoms with van der Waals surface area (Å²) in [5.41, 5.74) is 3.82. The maximum atomic E-state index is 5.95. The molecule has 0 spiro atoms. The molecule has 1 N–H and O–H groups in total. The van der Waals surface area contributed by atoms with Crippen molar-refractivity contribution in [1.29, 1.82) is 0 Å². The molecular weight excluding hydrogens is 222 g/mol. The lowest BCUT2D eigenvalue weighted by Gasteiger charge is -2.16. The molecule has 2 heteroatoms. The maximum absolute atomic E-state index is 5.95. The van der Waals surface area contributed by atoms with Gasteiger partial charge in [-0.15, -0.1) is 0 Å². The average molecular weight is 250 g/mol. The molecular formula is C16H28NO+. The van der Waals surface area contributed by atoms with E-state index in [0.717, 1.165) is 18.8 Å². The van der Waals surface area contributed by atoms with Crippen LogP contribution in [0.15, 0.2) is 12.1 Å². The van der Waals surface area contributed by atoms with Crippen LogP contribution in [0.25, 0.3) is 0 Å². The van der Waals surface area contributed by atoms with Crippen molar-refractivity contribution in [3.8, 4) is 5.75 Å². The van der Waals surface area contributed by atoms with E-state index < -0.39 is 0 Å². The molecule has 0 radical (unpaired) electrons. The van der Waals surface area contributed by atoms with E-state index in [0.29, 0.717) is 0 Å². The van der Waals surface area contributed by atoms with Gasteiger partial charge in [-0.3, -0.25) is 0 Å². The highest BCUT2D eigenvalue weighted by Crippen LogP contribution is 2.24. The minimum atomic E-state index is 0.828. The van der Waals surface area contributed by atoms with E-state index in [1.165, 1.54) is 36.3 Å². The fourth-order valence-corrected chi connectivity index (χ4v) is 2.49. The van der Waals surface area contributed by atoms with Gasteiger partial charge in [0.05, 0.1) is 26.2 Å². The number of nitrogens with one attached hydrogen (secondary N) is 1. The van der Waals surface area contributed by atoms with Gasteiger partial charge in [0.1, 0.15) is 5.75 Å². The summed E-state index contributed by atoms with van der Waals surface area (Å²) >= 11 is 0. The van der Waals surface area contributed by atoms with E-state index in [4.69, 9.17) is 4.74 Å². The quantitative estimate of drug-likeness (QED) is 0.733. The lowest BCUT2D eigenvalue weighted by molar-refractivity contribution is -0.896. The van der Waals surface area contributed by atoms with E-state index in [9.17, 15) is 0 Å². The van der Waals surface area contributed by atoms with Crippen molar-refractivity contribution in [2.75, 3.05) is 26.2 Å². The third kappa shape index (κ3) is 4.34. The van der Waals surface area contributed by atoms with Crippen LogP contribution in [0, 0.1) is 20.8 Å². The third-order valence-electron chi connectivity index (χ3n) is 3.53. The molecule has 0 saturated heterocycles. The molecule has 0 aliphatic rings. The zero-order valence-corrected chi connectivity index (χ0v) is 12.6. The first-order valence-corrected chi connectivity index (χ1v) is 7.12. The Morgan fingerprint density at radius 3 is 2.06 bits per heavy atom. The van der Waals surface area contributed by atoms with Crippen molar-refractivity contribution < 1.29 is 9.64 Å². The fraction of sp³-hybridized carbons (Fsp3) is 0.625. The Morgan fingerprint density at radius 2 is 1.56 bits per heavy atom. The van der Waals surface area contributed by atoms with Crippen LogP contribution in [0.2, 0.25) is 0 Å². The third-order valence-corrected chi connectivity index (χ3v) is 3.53. The fourth-order valence-electron chi connectivity index (χ4n) is 2.49. The minimum absolute atomic E-state index is 0.828. The molecule has 0 fully saturated rings. The first-order chi connectivity index (χ1) is 8.58. The zero-order chi connectivity index (χ0) is 13.5. The molecule has 0 bridgehead atoms. The smallest absolute Gasteiger partial charge is 0.125 e. The van der Waals surface area contributed by atoms with Crippen molar-refractivity contribution in [3.63, 3.8) is 0 Å². The molecule has 2 nitrogen and oxygen atoms in total. The molecule has 102 valence electrons. The summed E-state index contributed by atoms with van der Waals surface area (Å²) in [6, 6.07) is 4.38. The summed E-state index contributed by atoms with van der Waals surface area (Å²) < 4.78 is 5.95. The van der Waals surface area contributed by atoms with Gasteiger partial charge in [0.2, 0.25) is 0 Å². The van der Waals surface area contributed by atoms with Crippen LogP contribution >= 0.6 is 0 Å². The van der Waals surface area contributed by atoms with E-state index >= 15 is 0 Å². The molecule has 0 saturated carbocycles. The van der Waals surface area contributed by atoms with Crippen LogP contribution in [-0.4, -0.2) is 26.2 Å². The zero-order valence-electron chi connectivity index (χ0n) is 12.6. The number of hydrogen-bond donors (Lipinski definition) is 1. The van der Waals surface area contributed by atoms with Crippen LogP contribution in [0.4, 0.5) is 0 Å². The highest BCUT2D eigenvalue weighted by Gasteiger charge is 2.06. The number of rotatable bonds is 7. The number of quaternary nitrogens is 1. The highest BCUT2D eigenvalue weighted by atomic mass is 16.5. The average Bonchev–Trinajstić information content (AvgIpc) is 2.32. The van der Waals surface area contributed by atoms with Crippen molar-refractivity contribution >= 4 is 0 Å². The highest BCUT2D eigenvalue weighted by molar-refractivity contribution is 5.42. The van der Waals surface area contributed by atoms with Crippen molar-refractivity contribution in [2.45, 2.75) is 41.0 Å². The molecule has 0 heterocycles. The van der Waals surface area contributed by atoms with Gasteiger partial charge in [0.25, 0.3) is 0 Å². The Morgan fingerprint density at radius 1 is 1.00 bits per heavy atom. The summed E-state index contributed by atoms with van der Waals surface area (Å²) in [4.78, 5) is 1.65. The van der Waals surface area contributed by atoms with Crippen molar-refractivity contribution in [2.24, 2.45) is 0 Å². The summed E-state index contributed by atoms with van der Waals surface area (Å²) in [6.07, 6.45) is 1.13. The molecule has 1 aromatic carbocycles. The van der Waals surface area contributed by atoms with Gasteiger partial charge in [0.15, 0.2) is 0 Å². The molecule has 0 aliphatic heterocycles. The van der Waals surface area contributed by atoms with Crippen molar-refractivity contribution in [1.82, 2.24) is 0 Å². The van der Waals surface area contributed by atoms with Gasteiger partial charge >= 0.3 is 0 Å². The topological polar surface area (TPSA) is 13.7 Å². The van der Waals surface area contributed by atoms with Crippen LogP contribution in [0.3, 0.4) is 0 Å². The number of benzene rings is 1. The molecule has 0 aliphatic carbocycles. The normalized spacial score (nSPS) is 11.0. The van der Waals surface area contributed by atoms with Crippen LogP contribution < -0.4 is 9.64 Å². The maximum Gasteiger partial charge on any atom is 0.125 e. The lowest BCUT2D eigenvalue weighted by atomic mass is 10.1. The van der Waals surface area contributed by atoms with E-state index in [2.05, 4.69) is 46.8 Å². The van der Waals surface area contributed by atoms with Crippen LogP contribution in [0.1, 0.15) is 37.0 Å². The summed E-state index contributed by atoms with van der Waals surface area (Å²) in [6.45, 7) is 15.3. The van der Waals surface area contributed by atoms with Gasteiger partial charge in [-0.1, -0.05) is 17.7 Å². The largest absolute Gasteiger partial charge is 0.493 e. The molecule has 0 atom stereocenters. The molecule has 0 amide bonds. The first-order valence-electron chi connectivity index (χ1n) is 7.12. The Hall–Kier alpha value is -1.02. The van der Waals surface area contributed by atoms with Crippen LogP contribution in [-0.2, 0) is 0 Å². The Kier molecular flexibility index (Phi) is 6.20. The summed E-state index contributed by atoms with van der Waals surface area (Å²) in [5.74, 6) is 1.08. The second-order valence-corrected chi connectivity index (χ2v) is 5.14. The lowest BCUT2D eigenvalue weighted by Crippen LogP contribution is -3.11. The van der Waals surface area contributed by atoms with Gasteiger partial charge < -0.3 is 9.64 Å². The Bertz CT molecular complexity index is 346. The second kappa shape index (κ2) is 7.42. The van der Waals surface area contributed by atoms with Gasteiger partial charge in [-0.05, 0) is 45.7 Å². The van der Waals surface area contributed by atoms with Crippen LogP contribution in [0.5, 0.6) is 5.75 Å². The van der Waals surface area contributed by atoms with E-state index in [-0.39, 0.29) is 0 Å². The SMILES string of the molecule is CC[NH+](CC)CCCOc1c(C)cc(C)cc1C. The minimum Gasteiger partial charge on any atom is -0.493 e. The van der Waals surface area contributed by atoms with E-state index in [1.54, 1.807) is 4.90 Å². The van der Waals surface area contributed by atoms with E-state index in [1.807, 2.05) is 0 Å². The Labute approximate surface area is 112 Å². The second-order valence-electron chi connectivity index (χ2n) is 5.14. The summed E-state index contributed by atoms with van der Waals surface area (Å²) in [5, 5.41) is 0. The number of hydrogen-bond acceptors (Lipinski definition) is 1. The predicted octanol–water partition coefficient (Wildman–Crippen LogP) is 2.31. The number of ether oxygens (including phenoxy) is 1. The van der Waals surface area contributed by atoms with Crippen molar-refractivity contribution in [3.05, 3.63) is 28.8 Å². The molecule has 0 unspecified atom stereocenters. The van der Waals surface area contributed by atoms with Gasteiger partial charge in [-0.2, -0.15) is 0 Å². The monoisotopic (exact) mass is 250 g/mol. The molecule has 1 aromatic rings. The molecule has 18 heavy (non-hydrogen) atoms. The number of aryl methyl sites for hydroxylation is 3. The Balaban J connectivity index is 2.44. The predicted molar refractivity (Wildman–Crippen MR) is 77.7 cm³/mol. The van der Waals surface area contributed by atoms with Gasteiger partial charge in [-0.25, -0.2) is 0 Å². The summed E-state index contributed by atoms with van der Waals surface area (Å²) in [7, 11) is 0.